The fraction of sp³-hybridized carbons (Fsp3) is 0.153. The van der Waals surface area contributed by atoms with Crippen LogP contribution in [0, 0.1) is 20.6 Å². The van der Waals surface area contributed by atoms with Crippen LogP contribution in [0.25, 0.3) is 67.0 Å². The lowest BCUT2D eigenvalue weighted by Gasteiger charge is -2.15. The van der Waals surface area contributed by atoms with Crippen molar-refractivity contribution < 1.29 is 20.9 Å². The molecule has 0 radical (unpaired) electrons. The standard InChI is InChI=1S/C59H50N4O/c1-39-17-26-49(31-40(39)2)54-35-57(53-16-10-15-51-52-28-18-41(3)63-59(52)64-58(51)53)62-38-50(54)27-23-46-33-44(21-19-42-24-29-55(60-36-42)47-11-6-4-7-12-47)32-45(34-46)22-20-43-25-30-56(61-37-43)48-13-8-5-9-14-48/h4-18,24-26,28-38H,19-23,27H2,1-3H3/i1D3,2D3,21D2,23D2,27D2. The van der Waals surface area contributed by atoms with Crippen LogP contribution < -0.4 is 0 Å². The van der Waals surface area contributed by atoms with Crippen LogP contribution in [0.5, 0.6) is 0 Å². The molecular formula is C59H50N4O. The minimum atomic E-state index is -2.97. The summed E-state index contributed by atoms with van der Waals surface area (Å²) in [7, 11) is 0. The van der Waals surface area contributed by atoms with Gasteiger partial charge in [-0.15, -0.1) is 0 Å². The van der Waals surface area contributed by atoms with Crippen molar-refractivity contribution in [1.29, 1.82) is 0 Å². The molecule has 0 atom stereocenters. The Morgan fingerprint density at radius 1 is 0.469 bits per heavy atom. The van der Waals surface area contributed by atoms with Crippen molar-refractivity contribution in [3.63, 3.8) is 0 Å². The van der Waals surface area contributed by atoms with E-state index in [2.05, 4.69) is 15.0 Å². The Morgan fingerprint density at radius 3 is 1.84 bits per heavy atom. The van der Waals surface area contributed by atoms with Crippen LogP contribution >= 0.6 is 0 Å². The van der Waals surface area contributed by atoms with Gasteiger partial charge in [-0.05, 0) is 151 Å². The number of aryl methyl sites for hydroxylation is 9. The number of nitrogens with zero attached hydrogens (tertiary/aromatic N) is 4. The first-order valence-corrected chi connectivity index (χ1v) is 21.2. The summed E-state index contributed by atoms with van der Waals surface area (Å²) in [6, 6.07) is 46.1. The molecule has 64 heavy (non-hydrogen) atoms. The molecule has 0 bridgehead atoms. The van der Waals surface area contributed by atoms with Gasteiger partial charge in [-0.1, -0.05) is 121 Å². The summed E-state index contributed by atoms with van der Waals surface area (Å²) >= 11 is 0. The van der Waals surface area contributed by atoms with Crippen LogP contribution in [0.15, 0.2) is 181 Å². The van der Waals surface area contributed by atoms with Gasteiger partial charge >= 0.3 is 0 Å². The minimum absolute atomic E-state index is 0.0492. The van der Waals surface area contributed by atoms with Gasteiger partial charge in [0.05, 0.1) is 17.1 Å². The Labute approximate surface area is 392 Å². The van der Waals surface area contributed by atoms with Crippen molar-refractivity contribution in [3.05, 3.63) is 227 Å². The van der Waals surface area contributed by atoms with Crippen LogP contribution in [-0.2, 0) is 38.4 Å². The molecule has 5 heterocycles. The van der Waals surface area contributed by atoms with E-state index in [9.17, 15) is 8.22 Å². The normalized spacial score (nSPS) is 15.3. The lowest BCUT2D eigenvalue weighted by molar-refractivity contribution is 0.653. The quantitative estimate of drug-likeness (QED) is 0.116. The van der Waals surface area contributed by atoms with E-state index < -0.39 is 43.9 Å². The van der Waals surface area contributed by atoms with Gasteiger partial charge in [-0.3, -0.25) is 15.0 Å². The monoisotopic (exact) mass is 842 g/mol. The Bertz CT molecular complexity index is 3750. The molecule has 0 aliphatic carbocycles. The van der Waals surface area contributed by atoms with Gasteiger partial charge in [0.15, 0.2) is 0 Å². The summed E-state index contributed by atoms with van der Waals surface area (Å²) in [5.74, 6) is 0. The summed E-state index contributed by atoms with van der Waals surface area (Å²) in [5.41, 5.74) is 6.79. The maximum atomic E-state index is 9.92. The molecule has 0 aliphatic rings. The lowest BCUT2D eigenvalue weighted by atomic mass is 9.91. The molecule has 5 aromatic carbocycles. The molecule has 0 spiro atoms. The van der Waals surface area contributed by atoms with E-state index in [0.717, 1.165) is 44.5 Å². The fourth-order valence-corrected chi connectivity index (χ4v) is 7.93. The Morgan fingerprint density at radius 2 is 1.14 bits per heavy atom. The van der Waals surface area contributed by atoms with Crippen LogP contribution in [0.1, 0.15) is 66.7 Å². The number of furan rings is 1. The molecule has 5 nitrogen and oxygen atoms in total. The molecule has 0 amide bonds. The van der Waals surface area contributed by atoms with Crippen molar-refractivity contribution >= 4 is 22.1 Å². The summed E-state index contributed by atoms with van der Waals surface area (Å²) in [6.07, 6.45) is -2.70. The first kappa shape index (κ1) is 29.0. The van der Waals surface area contributed by atoms with Crippen LogP contribution in [0.3, 0.4) is 0 Å². The molecule has 5 heteroatoms. The SMILES string of the molecule is [2H]C([2H])([2H])c1ccc(-c2cc(-c3cccc4c3oc3nc(C)ccc34)ncc2C([2H])([2H])C([2H])([2H])c2cc(CCc3ccc(-c4ccccc4)nc3)cc(C([2H])([2H])Cc3ccc(-c4ccccc4)nc3)c2)cc1C([2H])([2H])[2H]. The third kappa shape index (κ3) is 8.89. The average Bonchev–Trinajstić information content (AvgIpc) is 3.81. The molecule has 312 valence electrons. The molecule has 0 unspecified atom stereocenters. The molecule has 0 N–H and O–H groups in total. The third-order valence-corrected chi connectivity index (χ3v) is 11.3. The van der Waals surface area contributed by atoms with Crippen molar-refractivity contribution in [3.8, 4) is 44.9 Å². The maximum absolute atomic E-state index is 9.92. The predicted octanol–water partition coefficient (Wildman–Crippen LogP) is 14.1. The number of hydrogen-bond donors (Lipinski definition) is 0. The number of rotatable bonds is 13. The van der Waals surface area contributed by atoms with E-state index in [1.165, 1.54) is 36.5 Å². The summed E-state index contributed by atoms with van der Waals surface area (Å²) in [4.78, 5) is 18.6. The Balaban J connectivity index is 1.09. The number of hydrogen-bond acceptors (Lipinski definition) is 5. The first-order valence-electron chi connectivity index (χ1n) is 27.2. The number of pyridine rings is 4. The molecule has 0 saturated carbocycles. The molecule has 0 fully saturated rings. The molecular weight excluding hydrogens is 781 g/mol. The highest BCUT2D eigenvalue weighted by atomic mass is 16.3. The highest BCUT2D eigenvalue weighted by molar-refractivity contribution is 6.08. The van der Waals surface area contributed by atoms with Crippen molar-refractivity contribution in [2.75, 3.05) is 0 Å². The van der Waals surface area contributed by atoms with E-state index in [4.69, 9.17) is 17.6 Å². The van der Waals surface area contributed by atoms with E-state index in [0.29, 0.717) is 40.8 Å². The second kappa shape index (κ2) is 18.1. The van der Waals surface area contributed by atoms with E-state index in [-0.39, 0.29) is 39.9 Å². The van der Waals surface area contributed by atoms with Gasteiger partial charge in [0.1, 0.15) is 5.58 Å². The van der Waals surface area contributed by atoms with Gasteiger partial charge in [0, 0.05) is 68.2 Å². The first-order chi connectivity index (χ1) is 36.1. The van der Waals surface area contributed by atoms with Gasteiger partial charge < -0.3 is 4.42 Å². The molecule has 5 aromatic heterocycles. The third-order valence-electron chi connectivity index (χ3n) is 11.3. The Kier molecular flexibility index (Phi) is 8.18. The van der Waals surface area contributed by atoms with E-state index in [1.54, 1.807) is 30.6 Å². The molecule has 10 aromatic rings. The number of fused-ring (bicyclic) bond motifs is 3. The van der Waals surface area contributed by atoms with Crippen LogP contribution in [0.4, 0.5) is 0 Å². The zero-order chi connectivity index (χ0) is 53.8. The van der Waals surface area contributed by atoms with Crippen LogP contribution in [-0.4, -0.2) is 19.9 Å². The van der Waals surface area contributed by atoms with Crippen molar-refractivity contribution in [2.45, 2.75) is 59.0 Å². The number of para-hydroxylation sites is 1. The number of benzene rings is 5. The minimum Gasteiger partial charge on any atom is -0.437 e. The van der Waals surface area contributed by atoms with Gasteiger partial charge in [0.25, 0.3) is 0 Å². The largest absolute Gasteiger partial charge is 0.437 e. The molecule has 0 aliphatic heterocycles. The van der Waals surface area contributed by atoms with E-state index >= 15 is 0 Å². The van der Waals surface area contributed by atoms with Gasteiger partial charge in [-0.2, -0.15) is 0 Å². The van der Waals surface area contributed by atoms with Gasteiger partial charge in [-0.25, -0.2) is 4.98 Å². The fourth-order valence-electron chi connectivity index (χ4n) is 7.93. The number of aromatic nitrogens is 4. The summed E-state index contributed by atoms with van der Waals surface area (Å²) in [5, 5.41) is 1.50. The van der Waals surface area contributed by atoms with E-state index in [1.807, 2.05) is 116 Å². The van der Waals surface area contributed by atoms with Gasteiger partial charge in [0.2, 0.25) is 5.71 Å². The maximum Gasteiger partial charge on any atom is 0.227 e. The average molecular weight is 843 g/mol. The van der Waals surface area contributed by atoms with Crippen molar-refractivity contribution in [1.82, 2.24) is 19.9 Å². The summed E-state index contributed by atoms with van der Waals surface area (Å²) < 4.78 is 115. The summed E-state index contributed by atoms with van der Waals surface area (Å²) in [6.45, 7) is -3.86. The molecule has 0 saturated heterocycles. The highest BCUT2D eigenvalue weighted by Crippen LogP contribution is 2.37. The van der Waals surface area contributed by atoms with Crippen LogP contribution in [0.2, 0.25) is 0 Å². The zero-order valence-corrected chi connectivity index (χ0v) is 35.1. The predicted molar refractivity (Wildman–Crippen MR) is 262 cm³/mol. The Hall–Kier alpha value is -7.50. The topological polar surface area (TPSA) is 64.7 Å². The smallest absolute Gasteiger partial charge is 0.227 e. The second-order valence-corrected chi connectivity index (χ2v) is 15.8. The highest BCUT2D eigenvalue weighted by Gasteiger charge is 2.17. The van der Waals surface area contributed by atoms with Crippen molar-refractivity contribution in [2.24, 2.45) is 0 Å². The zero-order valence-electron chi connectivity index (χ0n) is 47.1. The second-order valence-electron chi connectivity index (χ2n) is 15.8. The lowest BCUT2D eigenvalue weighted by Crippen LogP contribution is -2.02. The molecule has 10 rings (SSSR count).